The molecule has 1 heteroatoms. The maximum Gasteiger partial charge on any atom is 0.0686 e. The van der Waals surface area contributed by atoms with E-state index in [1.54, 1.807) is 0 Å². The van der Waals surface area contributed by atoms with E-state index in [1.165, 1.54) is 12.8 Å². The normalized spacial score (nSPS) is 75.5. The molecule has 5 aliphatic rings. The van der Waals surface area contributed by atoms with Crippen molar-refractivity contribution in [2.75, 3.05) is 0 Å². The van der Waals surface area contributed by atoms with Gasteiger partial charge in [-0.15, -0.1) is 0 Å². The predicted molar refractivity (Wildman–Crippen MR) is 40.9 cm³/mol. The van der Waals surface area contributed by atoms with Crippen molar-refractivity contribution < 1.29 is 5.11 Å². The van der Waals surface area contributed by atoms with Gasteiger partial charge in [0, 0.05) is 0 Å². The maximum atomic E-state index is 10.2. The molecule has 6 atom stereocenters. The van der Waals surface area contributed by atoms with E-state index in [0.29, 0.717) is 0 Å². The van der Waals surface area contributed by atoms with Crippen molar-refractivity contribution in [2.45, 2.75) is 31.3 Å². The SMILES string of the molecule is OC12CC3CC(C1)C1C(C3)C12. The summed E-state index contributed by atoms with van der Waals surface area (Å²) in [7, 11) is 0. The molecule has 0 spiro atoms. The highest BCUT2D eigenvalue weighted by Gasteiger charge is 2.74. The molecule has 60 valence electrons. The molecule has 5 saturated carbocycles. The Hall–Kier alpha value is -0.0400. The molecule has 5 fully saturated rings. The van der Waals surface area contributed by atoms with Crippen molar-refractivity contribution in [3.05, 3.63) is 0 Å². The van der Waals surface area contributed by atoms with Crippen LogP contribution in [-0.2, 0) is 0 Å². The van der Waals surface area contributed by atoms with Crippen LogP contribution in [0.15, 0.2) is 0 Å². The summed E-state index contributed by atoms with van der Waals surface area (Å²) in [5.41, 5.74) is -0.152. The molecular weight excluding hydrogens is 136 g/mol. The molecule has 0 aromatic carbocycles. The van der Waals surface area contributed by atoms with Crippen LogP contribution in [0.25, 0.3) is 0 Å². The average molecular weight is 150 g/mol. The lowest BCUT2D eigenvalue weighted by Gasteiger charge is -2.43. The summed E-state index contributed by atoms with van der Waals surface area (Å²) < 4.78 is 0. The summed E-state index contributed by atoms with van der Waals surface area (Å²) in [5.74, 6) is 4.59. The molecular formula is C10H14O. The third kappa shape index (κ3) is 0.438. The van der Waals surface area contributed by atoms with Crippen LogP contribution in [0.5, 0.6) is 0 Å². The summed E-state index contributed by atoms with van der Waals surface area (Å²) >= 11 is 0. The van der Waals surface area contributed by atoms with Crippen molar-refractivity contribution in [2.24, 2.45) is 29.6 Å². The molecule has 0 saturated heterocycles. The zero-order valence-electron chi connectivity index (χ0n) is 6.66. The highest BCUT2D eigenvalue weighted by atomic mass is 16.3. The molecule has 0 amide bonds. The molecule has 0 heterocycles. The van der Waals surface area contributed by atoms with E-state index in [2.05, 4.69) is 0 Å². The highest BCUT2D eigenvalue weighted by molar-refractivity contribution is 5.23. The Morgan fingerprint density at radius 1 is 1.18 bits per heavy atom. The quantitative estimate of drug-likeness (QED) is 0.553. The average Bonchev–Trinajstić information content (AvgIpc) is 2.55. The summed E-state index contributed by atoms with van der Waals surface area (Å²) in [6.07, 6.45) is 5.24. The van der Waals surface area contributed by atoms with Gasteiger partial charge in [-0.25, -0.2) is 0 Å². The monoisotopic (exact) mass is 150 g/mol. The molecule has 0 aromatic rings. The van der Waals surface area contributed by atoms with Crippen molar-refractivity contribution in [3.8, 4) is 0 Å². The second-order valence-corrected chi connectivity index (χ2v) is 5.38. The minimum absolute atomic E-state index is 0.152. The van der Waals surface area contributed by atoms with E-state index in [4.69, 9.17) is 0 Å². The molecule has 6 unspecified atom stereocenters. The third-order valence-corrected chi connectivity index (χ3v) is 4.89. The van der Waals surface area contributed by atoms with E-state index >= 15 is 0 Å². The van der Waals surface area contributed by atoms with Crippen LogP contribution in [0, 0.1) is 29.6 Å². The lowest BCUT2D eigenvalue weighted by molar-refractivity contribution is -0.0608. The molecule has 4 bridgehead atoms. The minimum atomic E-state index is -0.152. The lowest BCUT2D eigenvalue weighted by atomic mass is 9.66. The summed E-state index contributed by atoms with van der Waals surface area (Å²) in [6.45, 7) is 0. The zero-order chi connectivity index (χ0) is 7.22. The van der Waals surface area contributed by atoms with Gasteiger partial charge in [0.1, 0.15) is 0 Å². The molecule has 5 rings (SSSR count). The molecule has 5 aliphatic carbocycles. The molecule has 1 N–H and O–H groups in total. The van der Waals surface area contributed by atoms with Crippen molar-refractivity contribution in [1.82, 2.24) is 0 Å². The van der Waals surface area contributed by atoms with Crippen LogP contribution in [0.3, 0.4) is 0 Å². The molecule has 0 aromatic heterocycles. The Morgan fingerprint density at radius 2 is 2.09 bits per heavy atom. The number of hydrogen-bond acceptors (Lipinski definition) is 1. The molecule has 1 nitrogen and oxygen atoms in total. The van der Waals surface area contributed by atoms with Crippen LogP contribution in [-0.4, -0.2) is 10.7 Å². The van der Waals surface area contributed by atoms with Crippen LogP contribution in [0.4, 0.5) is 0 Å². The van der Waals surface area contributed by atoms with Gasteiger partial charge in [-0.05, 0) is 55.3 Å². The molecule has 11 heavy (non-hydrogen) atoms. The lowest BCUT2D eigenvalue weighted by Crippen LogP contribution is -2.42. The Kier molecular flexibility index (Phi) is 0.651. The Balaban J connectivity index is 1.90. The van der Waals surface area contributed by atoms with Gasteiger partial charge >= 0.3 is 0 Å². The van der Waals surface area contributed by atoms with E-state index in [-0.39, 0.29) is 5.60 Å². The van der Waals surface area contributed by atoms with Gasteiger partial charge in [-0.2, -0.15) is 0 Å². The van der Waals surface area contributed by atoms with Gasteiger partial charge in [0.15, 0.2) is 0 Å². The van der Waals surface area contributed by atoms with E-state index in [0.717, 1.165) is 42.4 Å². The fourth-order valence-electron chi connectivity index (χ4n) is 4.87. The topological polar surface area (TPSA) is 20.2 Å². The molecule has 0 aliphatic heterocycles. The Labute approximate surface area is 66.8 Å². The van der Waals surface area contributed by atoms with E-state index < -0.39 is 0 Å². The Bertz CT molecular complexity index is 237. The first-order valence-electron chi connectivity index (χ1n) is 5.00. The second kappa shape index (κ2) is 1.28. The van der Waals surface area contributed by atoms with Gasteiger partial charge in [0.05, 0.1) is 5.60 Å². The van der Waals surface area contributed by atoms with Crippen LogP contribution < -0.4 is 0 Å². The van der Waals surface area contributed by atoms with Gasteiger partial charge in [0.25, 0.3) is 0 Å². The smallest absolute Gasteiger partial charge is 0.0686 e. The first-order valence-corrected chi connectivity index (χ1v) is 5.00. The first kappa shape index (κ1) is 5.58. The van der Waals surface area contributed by atoms with Crippen LogP contribution in [0.1, 0.15) is 25.7 Å². The minimum Gasteiger partial charge on any atom is -0.390 e. The number of hydrogen-bond donors (Lipinski definition) is 1. The fraction of sp³-hybridized carbons (Fsp3) is 1.00. The van der Waals surface area contributed by atoms with Gasteiger partial charge in [-0.1, -0.05) is 0 Å². The predicted octanol–water partition coefficient (Wildman–Crippen LogP) is 1.41. The first-order chi connectivity index (χ1) is 5.28. The van der Waals surface area contributed by atoms with Gasteiger partial charge < -0.3 is 5.11 Å². The largest absolute Gasteiger partial charge is 0.390 e. The van der Waals surface area contributed by atoms with E-state index in [1.807, 2.05) is 0 Å². The van der Waals surface area contributed by atoms with Gasteiger partial charge in [-0.3, -0.25) is 0 Å². The maximum absolute atomic E-state index is 10.2. The van der Waals surface area contributed by atoms with Crippen molar-refractivity contribution >= 4 is 0 Å². The standard InChI is InChI=1S/C10H14O/c11-10-3-5-1-6(4-10)8-7(2-5)9(8)10/h5-9,11H,1-4H2. The van der Waals surface area contributed by atoms with Crippen molar-refractivity contribution in [3.63, 3.8) is 0 Å². The summed E-state index contributed by atoms with van der Waals surface area (Å²) in [4.78, 5) is 0. The summed E-state index contributed by atoms with van der Waals surface area (Å²) in [6, 6.07) is 0. The van der Waals surface area contributed by atoms with Gasteiger partial charge in [0.2, 0.25) is 0 Å². The fourth-order valence-corrected chi connectivity index (χ4v) is 4.87. The third-order valence-electron chi connectivity index (χ3n) is 4.89. The van der Waals surface area contributed by atoms with Crippen molar-refractivity contribution in [1.29, 1.82) is 0 Å². The summed E-state index contributed by atoms with van der Waals surface area (Å²) in [5, 5.41) is 10.2. The van der Waals surface area contributed by atoms with Crippen LogP contribution >= 0.6 is 0 Å². The molecule has 0 radical (unpaired) electrons. The zero-order valence-corrected chi connectivity index (χ0v) is 6.66. The van der Waals surface area contributed by atoms with Crippen LogP contribution in [0.2, 0.25) is 0 Å². The number of aliphatic hydroxyl groups is 1. The Morgan fingerprint density at radius 3 is 2.82 bits per heavy atom. The number of rotatable bonds is 0. The van der Waals surface area contributed by atoms with E-state index in [9.17, 15) is 5.11 Å². The second-order valence-electron chi connectivity index (χ2n) is 5.38. The highest BCUT2D eigenvalue weighted by Crippen LogP contribution is 2.76.